The number of carbonyl (C=O) groups excluding carboxylic acids is 1. The minimum absolute atomic E-state index is 0.0290. The lowest BCUT2D eigenvalue weighted by molar-refractivity contribution is 0.0558. The third-order valence-electron chi connectivity index (χ3n) is 4.29. The normalized spacial score (nSPS) is 19.5. The molecule has 1 fully saturated rings. The third-order valence-corrected chi connectivity index (χ3v) is 5.32. The van der Waals surface area contributed by atoms with Crippen molar-refractivity contribution in [3.63, 3.8) is 0 Å². The van der Waals surface area contributed by atoms with Crippen molar-refractivity contribution in [3.05, 3.63) is 41.4 Å². The molecule has 1 heterocycles. The molecular formula is C17H18N4OS. The van der Waals surface area contributed by atoms with Gasteiger partial charge in [-0.2, -0.15) is 5.26 Å². The van der Waals surface area contributed by atoms with Gasteiger partial charge in [-0.25, -0.2) is 4.98 Å². The number of amides is 1. The van der Waals surface area contributed by atoms with Crippen molar-refractivity contribution >= 4 is 17.2 Å². The van der Waals surface area contributed by atoms with E-state index in [9.17, 15) is 4.79 Å². The maximum atomic E-state index is 12.6. The Morgan fingerprint density at radius 3 is 2.87 bits per heavy atom. The van der Waals surface area contributed by atoms with Crippen LogP contribution in [0.2, 0.25) is 0 Å². The topological polar surface area (TPSA) is 69.0 Å². The Labute approximate surface area is 139 Å². The van der Waals surface area contributed by atoms with Gasteiger partial charge in [-0.05, 0) is 18.8 Å². The van der Waals surface area contributed by atoms with Gasteiger partial charge in [0.05, 0.1) is 6.20 Å². The van der Waals surface area contributed by atoms with E-state index in [4.69, 9.17) is 5.26 Å². The van der Waals surface area contributed by atoms with E-state index in [1.807, 2.05) is 48.5 Å². The molecule has 23 heavy (non-hydrogen) atoms. The van der Waals surface area contributed by atoms with Crippen LogP contribution < -0.4 is 5.32 Å². The summed E-state index contributed by atoms with van der Waals surface area (Å²) in [6, 6.07) is 10.1. The van der Waals surface area contributed by atoms with E-state index in [1.54, 1.807) is 6.20 Å². The summed E-state index contributed by atoms with van der Waals surface area (Å²) in [5.74, 6) is 0.512. The van der Waals surface area contributed by atoms with Crippen LogP contribution in [0.1, 0.15) is 22.5 Å². The van der Waals surface area contributed by atoms with Gasteiger partial charge in [-0.15, -0.1) is 11.3 Å². The van der Waals surface area contributed by atoms with Crippen molar-refractivity contribution in [1.29, 1.82) is 5.26 Å². The monoisotopic (exact) mass is 326 g/mol. The highest BCUT2D eigenvalue weighted by Gasteiger charge is 2.34. The average molecular weight is 326 g/mol. The van der Waals surface area contributed by atoms with Crippen LogP contribution in [-0.4, -0.2) is 35.4 Å². The van der Waals surface area contributed by atoms with Crippen LogP contribution in [0.25, 0.3) is 10.6 Å². The highest BCUT2D eigenvalue weighted by atomic mass is 32.1. The quantitative estimate of drug-likeness (QED) is 0.677. The molecular weight excluding hydrogens is 308 g/mol. The number of benzene rings is 1. The molecule has 1 N–H and O–H groups in total. The number of nitriles is 1. The van der Waals surface area contributed by atoms with Crippen LogP contribution in [0.5, 0.6) is 0 Å². The number of aromatic nitrogens is 1. The fraction of sp³-hybridized carbons (Fsp3) is 0.353. The highest BCUT2D eigenvalue weighted by Crippen LogP contribution is 2.32. The van der Waals surface area contributed by atoms with Crippen LogP contribution in [0, 0.1) is 17.4 Å². The summed E-state index contributed by atoms with van der Waals surface area (Å²) < 4.78 is 0. The second-order valence-corrected chi connectivity index (χ2v) is 6.83. The van der Waals surface area contributed by atoms with Crippen LogP contribution in [0.4, 0.5) is 0 Å². The first-order chi connectivity index (χ1) is 11.2. The van der Waals surface area contributed by atoms with Gasteiger partial charge in [0.1, 0.15) is 9.88 Å². The average Bonchev–Trinajstić information content (AvgIpc) is 3.03. The molecule has 1 aromatic carbocycles. The lowest BCUT2D eigenvalue weighted by atomic mass is 9.79. The maximum absolute atomic E-state index is 12.6. The molecule has 2 aromatic rings. The van der Waals surface area contributed by atoms with Crippen molar-refractivity contribution in [2.24, 2.45) is 5.92 Å². The lowest BCUT2D eigenvalue weighted by Crippen LogP contribution is -2.47. The first-order valence-corrected chi connectivity index (χ1v) is 8.41. The van der Waals surface area contributed by atoms with Gasteiger partial charge >= 0.3 is 0 Å². The van der Waals surface area contributed by atoms with E-state index in [0.29, 0.717) is 17.3 Å². The zero-order chi connectivity index (χ0) is 16.2. The molecule has 6 heteroatoms. The number of thiazole rings is 1. The summed E-state index contributed by atoms with van der Waals surface area (Å²) in [6.45, 7) is 0.702. The number of nitrogens with zero attached hydrogens (tertiary/aromatic N) is 3. The number of hydrogen-bond acceptors (Lipinski definition) is 5. The van der Waals surface area contributed by atoms with Gasteiger partial charge in [0.25, 0.3) is 5.91 Å². The number of hydrogen-bond donors (Lipinski definition) is 1. The molecule has 1 aliphatic rings. The zero-order valence-corrected chi connectivity index (χ0v) is 13.7. The molecule has 0 bridgehead atoms. The lowest BCUT2D eigenvalue weighted by Gasteiger charge is -2.40. The number of rotatable bonds is 5. The molecule has 1 saturated carbocycles. The predicted octanol–water partition coefficient (Wildman–Crippen LogP) is 2.73. The summed E-state index contributed by atoms with van der Waals surface area (Å²) in [4.78, 5) is 19.4. The predicted molar refractivity (Wildman–Crippen MR) is 89.8 cm³/mol. The smallest absolute Gasteiger partial charge is 0.265 e. The Bertz CT molecular complexity index is 716. The highest BCUT2D eigenvalue weighted by molar-refractivity contribution is 7.16. The van der Waals surface area contributed by atoms with E-state index >= 15 is 0 Å². The van der Waals surface area contributed by atoms with Crippen LogP contribution in [-0.2, 0) is 0 Å². The molecule has 5 nitrogen and oxygen atoms in total. The van der Waals surface area contributed by atoms with Gasteiger partial charge in [0.2, 0.25) is 0 Å². The van der Waals surface area contributed by atoms with E-state index in [1.165, 1.54) is 11.3 Å². The van der Waals surface area contributed by atoms with Gasteiger partial charge in [0, 0.05) is 25.2 Å². The number of nitrogens with one attached hydrogen (secondary N) is 1. The van der Waals surface area contributed by atoms with Crippen LogP contribution in [0.15, 0.2) is 36.5 Å². The van der Waals surface area contributed by atoms with E-state index in [0.717, 1.165) is 23.4 Å². The molecule has 0 saturated heterocycles. The SMILES string of the molecule is CN(C(=O)c1cnc(-c2ccccc2)s1)[C@H]1C[C@@H](CNC#N)C1. The van der Waals surface area contributed by atoms with E-state index in [2.05, 4.69) is 10.3 Å². The first kappa shape index (κ1) is 15.5. The molecule has 118 valence electrons. The second kappa shape index (κ2) is 6.80. The molecule has 0 atom stereocenters. The summed E-state index contributed by atoms with van der Waals surface area (Å²) in [5, 5.41) is 12.1. The second-order valence-electron chi connectivity index (χ2n) is 5.80. The fourth-order valence-electron chi connectivity index (χ4n) is 2.80. The minimum Gasteiger partial charge on any atom is -0.338 e. The van der Waals surface area contributed by atoms with Crippen LogP contribution in [0.3, 0.4) is 0 Å². The molecule has 0 radical (unpaired) electrons. The Morgan fingerprint density at radius 2 is 2.17 bits per heavy atom. The third kappa shape index (κ3) is 3.35. The van der Waals surface area contributed by atoms with E-state index < -0.39 is 0 Å². The van der Waals surface area contributed by atoms with Crippen LogP contribution >= 0.6 is 11.3 Å². The Kier molecular flexibility index (Phi) is 4.58. The molecule has 3 rings (SSSR count). The van der Waals surface area contributed by atoms with Gasteiger partial charge in [-0.3, -0.25) is 4.79 Å². The van der Waals surface area contributed by atoms with Crippen molar-refractivity contribution in [3.8, 4) is 16.8 Å². The zero-order valence-electron chi connectivity index (χ0n) is 12.9. The van der Waals surface area contributed by atoms with Crippen molar-refractivity contribution in [2.45, 2.75) is 18.9 Å². The van der Waals surface area contributed by atoms with E-state index in [-0.39, 0.29) is 11.9 Å². The molecule has 0 aliphatic heterocycles. The Morgan fingerprint density at radius 1 is 1.43 bits per heavy atom. The maximum Gasteiger partial charge on any atom is 0.265 e. The molecule has 1 aliphatic carbocycles. The van der Waals surface area contributed by atoms with Gasteiger partial charge < -0.3 is 10.2 Å². The fourth-order valence-corrected chi connectivity index (χ4v) is 3.70. The van der Waals surface area contributed by atoms with Gasteiger partial charge in [-0.1, -0.05) is 30.3 Å². The van der Waals surface area contributed by atoms with Gasteiger partial charge in [0.15, 0.2) is 6.19 Å². The summed E-state index contributed by atoms with van der Waals surface area (Å²) in [5.41, 5.74) is 1.03. The van der Waals surface area contributed by atoms with Crippen molar-refractivity contribution < 1.29 is 4.79 Å². The Balaban J connectivity index is 1.61. The molecule has 1 aromatic heterocycles. The Hall–Kier alpha value is -2.39. The molecule has 0 spiro atoms. The minimum atomic E-state index is 0.0290. The molecule has 0 unspecified atom stereocenters. The van der Waals surface area contributed by atoms with Crippen molar-refractivity contribution in [1.82, 2.24) is 15.2 Å². The largest absolute Gasteiger partial charge is 0.338 e. The summed E-state index contributed by atoms with van der Waals surface area (Å²) in [7, 11) is 1.85. The first-order valence-electron chi connectivity index (χ1n) is 7.59. The summed E-state index contributed by atoms with van der Waals surface area (Å²) in [6.07, 6.45) is 5.50. The standard InChI is InChI=1S/C17H18N4OS/c1-21(14-7-12(8-14)9-19-11-18)17(22)15-10-20-16(23-15)13-5-3-2-4-6-13/h2-6,10,12,14,19H,7-9H2,1H3/t12-,14+. The van der Waals surface area contributed by atoms with Crippen molar-refractivity contribution in [2.75, 3.05) is 13.6 Å². The number of carbonyl (C=O) groups is 1. The molecule has 1 amide bonds. The summed E-state index contributed by atoms with van der Waals surface area (Å²) >= 11 is 1.43.